The Bertz CT molecular complexity index is 603. The van der Waals surface area contributed by atoms with E-state index in [0.29, 0.717) is 6.54 Å². The monoisotopic (exact) mass is 355 g/mol. The van der Waals surface area contributed by atoms with E-state index in [-0.39, 0.29) is 33.3 Å². The lowest BCUT2D eigenvalue weighted by atomic mass is 10.2. The second-order valence-electron chi connectivity index (χ2n) is 5.57. The van der Waals surface area contributed by atoms with Crippen molar-refractivity contribution in [1.29, 1.82) is 0 Å². The van der Waals surface area contributed by atoms with Crippen LogP contribution in [-0.4, -0.2) is 25.3 Å². The van der Waals surface area contributed by atoms with Crippen LogP contribution in [-0.2, 0) is 15.9 Å². The summed E-state index contributed by atoms with van der Waals surface area (Å²) in [4.78, 5) is -0.116. The smallest absolute Gasteiger partial charge is 0.207 e. The van der Waals surface area contributed by atoms with Crippen LogP contribution in [0.4, 0.5) is 4.39 Å². The Kier molecular flexibility index (Phi) is 6.47. The molecule has 21 heavy (non-hydrogen) atoms. The van der Waals surface area contributed by atoms with Gasteiger partial charge in [0.2, 0.25) is 10.0 Å². The predicted molar refractivity (Wildman–Crippen MR) is 84.8 cm³/mol. The number of nitrogens with zero attached hydrogens (tertiary/aromatic N) is 1. The van der Waals surface area contributed by atoms with E-state index in [9.17, 15) is 12.8 Å². The van der Waals surface area contributed by atoms with Gasteiger partial charge in [-0.3, -0.25) is 0 Å². The van der Waals surface area contributed by atoms with Crippen molar-refractivity contribution in [3.05, 3.63) is 28.5 Å². The molecule has 3 nitrogen and oxygen atoms in total. The number of alkyl halides is 1. The number of sulfonamides is 1. The fourth-order valence-corrected chi connectivity index (χ4v) is 4.27. The van der Waals surface area contributed by atoms with Gasteiger partial charge in [0.05, 0.1) is 9.92 Å². The van der Waals surface area contributed by atoms with Gasteiger partial charge in [-0.1, -0.05) is 25.4 Å². The van der Waals surface area contributed by atoms with Crippen LogP contribution in [0.3, 0.4) is 0 Å². The van der Waals surface area contributed by atoms with Gasteiger partial charge < -0.3 is 0 Å². The van der Waals surface area contributed by atoms with Gasteiger partial charge in [0.15, 0.2) is 0 Å². The van der Waals surface area contributed by atoms with Crippen LogP contribution in [0.1, 0.15) is 33.3 Å². The van der Waals surface area contributed by atoms with Crippen molar-refractivity contribution in [2.24, 2.45) is 5.92 Å². The van der Waals surface area contributed by atoms with E-state index in [2.05, 4.69) is 0 Å². The summed E-state index contributed by atoms with van der Waals surface area (Å²) < 4.78 is 40.6. The number of hydrogen-bond donors (Lipinski definition) is 0. The molecule has 0 aliphatic heterocycles. The van der Waals surface area contributed by atoms with Crippen LogP contribution in [0.2, 0.25) is 5.02 Å². The van der Waals surface area contributed by atoms with Crippen molar-refractivity contribution in [3.63, 3.8) is 0 Å². The average Bonchev–Trinajstić information content (AvgIpc) is 2.38. The van der Waals surface area contributed by atoms with Gasteiger partial charge in [0, 0.05) is 18.5 Å². The SMILES string of the molecule is CC(C)CN(C(C)C)S(=O)(=O)c1cc(F)c(Cl)c(CCl)c1. The lowest BCUT2D eigenvalue weighted by Gasteiger charge is -2.27. The molecule has 0 saturated carbocycles. The summed E-state index contributed by atoms with van der Waals surface area (Å²) in [6, 6.07) is 2.06. The minimum atomic E-state index is -3.79. The quantitative estimate of drug-likeness (QED) is 0.714. The van der Waals surface area contributed by atoms with Gasteiger partial charge in [-0.05, 0) is 37.5 Å². The minimum absolute atomic E-state index is 0.0506. The van der Waals surface area contributed by atoms with E-state index in [1.165, 1.54) is 10.4 Å². The van der Waals surface area contributed by atoms with Crippen molar-refractivity contribution in [3.8, 4) is 0 Å². The predicted octanol–water partition coefficient (Wildman–Crippen LogP) is 4.27. The van der Waals surface area contributed by atoms with Crippen LogP contribution in [0.5, 0.6) is 0 Å². The zero-order valence-electron chi connectivity index (χ0n) is 12.5. The standard InChI is InChI=1S/C14H20Cl2FNO2S/c1-9(2)8-18(10(3)4)21(19,20)12-5-11(7-15)14(16)13(17)6-12/h5-6,9-10H,7-8H2,1-4H3. The second-order valence-corrected chi connectivity index (χ2v) is 8.11. The van der Waals surface area contributed by atoms with E-state index in [0.717, 1.165) is 6.07 Å². The van der Waals surface area contributed by atoms with E-state index in [1.807, 2.05) is 13.8 Å². The molecule has 0 fully saturated rings. The Hall–Kier alpha value is -0.360. The van der Waals surface area contributed by atoms with E-state index in [4.69, 9.17) is 23.2 Å². The van der Waals surface area contributed by atoms with Gasteiger partial charge in [-0.2, -0.15) is 4.31 Å². The van der Waals surface area contributed by atoms with Gasteiger partial charge in [-0.15, -0.1) is 11.6 Å². The van der Waals surface area contributed by atoms with E-state index in [1.54, 1.807) is 13.8 Å². The fourth-order valence-electron chi connectivity index (χ4n) is 1.95. The minimum Gasteiger partial charge on any atom is -0.207 e. The second kappa shape index (κ2) is 7.27. The number of rotatable bonds is 6. The number of benzene rings is 1. The summed E-state index contributed by atoms with van der Waals surface area (Å²) in [7, 11) is -3.79. The summed E-state index contributed by atoms with van der Waals surface area (Å²) in [5, 5.41) is -0.135. The van der Waals surface area contributed by atoms with Crippen LogP contribution < -0.4 is 0 Å². The first-order chi connectivity index (χ1) is 9.61. The molecule has 0 aliphatic rings. The summed E-state index contributed by atoms with van der Waals surface area (Å²) in [5.41, 5.74) is 0.269. The Morgan fingerprint density at radius 2 is 1.81 bits per heavy atom. The maximum atomic E-state index is 13.8. The number of hydrogen-bond acceptors (Lipinski definition) is 2. The Labute approximate surface area is 136 Å². The maximum Gasteiger partial charge on any atom is 0.243 e. The first-order valence-electron chi connectivity index (χ1n) is 6.67. The molecule has 0 atom stereocenters. The highest BCUT2D eigenvalue weighted by Gasteiger charge is 2.29. The summed E-state index contributed by atoms with van der Waals surface area (Å²) in [5.74, 6) is -0.668. The molecule has 0 amide bonds. The topological polar surface area (TPSA) is 37.4 Å². The molecule has 1 aromatic carbocycles. The highest BCUT2D eigenvalue weighted by molar-refractivity contribution is 7.89. The first kappa shape index (κ1) is 18.7. The van der Waals surface area contributed by atoms with Crippen molar-refractivity contribution >= 4 is 33.2 Å². The van der Waals surface area contributed by atoms with Crippen molar-refractivity contribution in [2.75, 3.05) is 6.54 Å². The molecule has 0 heterocycles. The van der Waals surface area contributed by atoms with Crippen LogP contribution in [0.15, 0.2) is 17.0 Å². The zero-order chi connectivity index (χ0) is 16.4. The molecule has 0 unspecified atom stereocenters. The lowest BCUT2D eigenvalue weighted by Crippen LogP contribution is -2.39. The van der Waals surface area contributed by atoms with Crippen molar-refractivity contribution < 1.29 is 12.8 Å². The molecule has 0 saturated heterocycles. The molecular formula is C14H20Cl2FNO2S. The largest absolute Gasteiger partial charge is 0.243 e. The Balaban J connectivity index is 3.38. The third kappa shape index (κ3) is 4.31. The third-order valence-corrected chi connectivity index (χ3v) is 5.68. The van der Waals surface area contributed by atoms with Gasteiger partial charge in [0.25, 0.3) is 0 Å². The zero-order valence-corrected chi connectivity index (χ0v) is 14.9. The average molecular weight is 356 g/mol. The van der Waals surface area contributed by atoms with Crippen molar-refractivity contribution in [2.45, 2.75) is 44.5 Å². The molecule has 0 aliphatic carbocycles. The van der Waals surface area contributed by atoms with Gasteiger partial charge in [-0.25, -0.2) is 12.8 Å². The first-order valence-corrected chi connectivity index (χ1v) is 9.02. The van der Waals surface area contributed by atoms with Crippen molar-refractivity contribution in [1.82, 2.24) is 4.31 Å². The molecular weight excluding hydrogens is 336 g/mol. The molecule has 7 heteroatoms. The molecule has 1 rings (SSSR count). The molecule has 0 radical (unpaired) electrons. The molecule has 0 N–H and O–H groups in total. The third-order valence-electron chi connectivity index (χ3n) is 2.95. The molecule has 120 valence electrons. The van der Waals surface area contributed by atoms with E-state index < -0.39 is 15.8 Å². The van der Waals surface area contributed by atoms with E-state index >= 15 is 0 Å². The van der Waals surface area contributed by atoms with Crippen LogP contribution in [0, 0.1) is 11.7 Å². The maximum absolute atomic E-state index is 13.8. The molecule has 0 bridgehead atoms. The summed E-state index contributed by atoms with van der Waals surface area (Å²) in [6.07, 6.45) is 0. The summed E-state index contributed by atoms with van der Waals surface area (Å²) >= 11 is 11.5. The highest BCUT2D eigenvalue weighted by Crippen LogP contribution is 2.28. The molecule has 0 spiro atoms. The summed E-state index contributed by atoms with van der Waals surface area (Å²) in [6.45, 7) is 7.79. The Morgan fingerprint density at radius 1 is 1.24 bits per heavy atom. The highest BCUT2D eigenvalue weighted by atomic mass is 35.5. The normalized spacial score (nSPS) is 12.7. The van der Waals surface area contributed by atoms with Gasteiger partial charge >= 0.3 is 0 Å². The van der Waals surface area contributed by atoms with Crippen LogP contribution in [0.25, 0.3) is 0 Å². The number of halogens is 3. The van der Waals surface area contributed by atoms with Crippen LogP contribution >= 0.6 is 23.2 Å². The fraction of sp³-hybridized carbons (Fsp3) is 0.571. The Morgan fingerprint density at radius 3 is 2.24 bits per heavy atom. The molecule has 1 aromatic rings. The molecule has 0 aromatic heterocycles. The van der Waals surface area contributed by atoms with Gasteiger partial charge in [0.1, 0.15) is 5.82 Å². The lowest BCUT2D eigenvalue weighted by molar-refractivity contribution is 0.318.